The summed E-state index contributed by atoms with van der Waals surface area (Å²) in [5.41, 5.74) is 0.544. The number of carbonyl (C=O) groups is 1. The Morgan fingerprint density at radius 2 is 2.06 bits per heavy atom. The Bertz CT molecular complexity index is 344. The molecule has 1 N–H and O–H groups in total. The van der Waals surface area contributed by atoms with Crippen molar-refractivity contribution in [2.24, 2.45) is 11.3 Å². The van der Waals surface area contributed by atoms with Crippen molar-refractivity contribution in [3.63, 3.8) is 0 Å². The highest BCUT2D eigenvalue weighted by molar-refractivity contribution is 5.88. The first-order valence-electron chi connectivity index (χ1n) is 6.00. The lowest BCUT2D eigenvalue weighted by atomic mass is 10.1. The van der Waals surface area contributed by atoms with Crippen molar-refractivity contribution in [3.05, 3.63) is 0 Å². The van der Waals surface area contributed by atoms with E-state index in [0.29, 0.717) is 0 Å². The maximum atomic E-state index is 13.5. The average molecular weight is 247 g/mol. The van der Waals surface area contributed by atoms with Gasteiger partial charge in [0.2, 0.25) is 0 Å². The van der Waals surface area contributed by atoms with Crippen molar-refractivity contribution in [3.8, 4) is 0 Å². The van der Waals surface area contributed by atoms with E-state index < -0.39 is 23.2 Å². The summed E-state index contributed by atoms with van der Waals surface area (Å²) in [6.45, 7) is -0.242. The molecule has 0 aromatic carbocycles. The number of nitrogens with one attached hydrogen (secondary N) is 1. The molecule has 1 saturated heterocycles. The number of carbonyl (C=O) groups excluding carboxylic acids is 1. The SMILES string of the molecule is O=C(NOC1CCCC1)[C@]12COC[C@H]1C2(F)F. The van der Waals surface area contributed by atoms with E-state index in [1.165, 1.54) is 0 Å². The van der Waals surface area contributed by atoms with Gasteiger partial charge in [-0.3, -0.25) is 9.63 Å². The number of alkyl halides is 2. The summed E-state index contributed by atoms with van der Waals surface area (Å²) >= 11 is 0. The van der Waals surface area contributed by atoms with Crippen LogP contribution in [0.5, 0.6) is 0 Å². The molecule has 0 aromatic rings. The highest BCUT2D eigenvalue weighted by Crippen LogP contribution is 2.69. The maximum Gasteiger partial charge on any atom is 0.271 e. The summed E-state index contributed by atoms with van der Waals surface area (Å²) in [5.74, 6) is -4.63. The Morgan fingerprint density at radius 1 is 1.35 bits per heavy atom. The van der Waals surface area contributed by atoms with Gasteiger partial charge >= 0.3 is 0 Å². The second-order valence-corrected chi connectivity index (χ2v) is 5.12. The van der Waals surface area contributed by atoms with Gasteiger partial charge in [0, 0.05) is 0 Å². The molecular weight excluding hydrogens is 232 g/mol. The highest BCUT2D eigenvalue weighted by Gasteiger charge is 2.87. The van der Waals surface area contributed by atoms with Gasteiger partial charge in [0.15, 0.2) is 0 Å². The van der Waals surface area contributed by atoms with E-state index in [1.54, 1.807) is 0 Å². The quantitative estimate of drug-likeness (QED) is 0.764. The zero-order valence-electron chi connectivity index (χ0n) is 9.38. The second-order valence-electron chi connectivity index (χ2n) is 5.12. The topological polar surface area (TPSA) is 47.6 Å². The van der Waals surface area contributed by atoms with Gasteiger partial charge in [0.1, 0.15) is 5.41 Å². The molecule has 0 unspecified atom stereocenters. The summed E-state index contributed by atoms with van der Waals surface area (Å²) < 4.78 is 31.8. The maximum absolute atomic E-state index is 13.5. The zero-order valence-corrected chi connectivity index (χ0v) is 9.38. The zero-order chi connectivity index (χ0) is 12.1. The Morgan fingerprint density at radius 3 is 2.65 bits per heavy atom. The first-order valence-corrected chi connectivity index (χ1v) is 6.00. The lowest BCUT2D eigenvalue weighted by Gasteiger charge is -2.16. The largest absolute Gasteiger partial charge is 0.380 e. The first kappa shape index (κ1) is 11.3. The minimum Gasteiger partial charge on any atom is -0.380 e. The van der Waals surface area contributed by atoms with Gasteiger partial charge in [-0.25, -0.2) is 14.3 Å². The fourth-order valence-electron chi connectivity index (χ4n) is 2.92. The molecule has 1 heterocycles. The lowest BCUT2D eigenvalue weighted by Crippen LogP contribution is -2.39. The third-order valence-corrected chi connectivity index (χ3v) is 4.18. The predicted molar refractivity (Wildman–Crippen MR) is 53.2 cm³/mol. The number of hydroxylamine groups is 1. The minimum absolute atomic E-state index is 0.0245. The molecule has 3 fully saturated rings. The Labute approximate surface area is 97.6 Å². The van der Waals surface area contributed by atoms with Crippen molar-refractivity contribution in [2.75, 3.05) is 13.2 Å². The summed E-state index contributed by atoms with van der Waals surface area (Å²) in [5, 5.41) is 0. The second kappa shape index (κ2) is 3.62. The van der Waals surface area contributed by atoms with Crippen molar-refractivity contribution >= 4 is 5.91 Å². The molecule has 96 valence electrons. The molecule has 2 atom stereocenters. The number of fused-ring (bicyclic) bond motifs is 1. The number of ether oxygens (including phenoxy) is 1. The van der Waals surface area contributed by atoms with Crippen LogP contribution in [0.25, 0.3) is 0 Å². The molecule has 0 radical (unpaired) electrons. The van der Waals surface area contributed by atoms with Crippen LogP contribution < -0.4 is 5.48 Å². The third kappa shape index (κ3) is 1.43. The van der Waals surface area contributed by atoms with E-state index >= 15 is 0 Å². The van der Waals surface area contributed by atoms with E-state index in [1.807, 2.05) is 0 Å². The van der Waals surface area contributed by atoms with Crippen LogP contribution >= 0.6 is 0 Å². The number of amides is 1. The van der Waals surface area contributed by atoms with E-state index in [-0.39, 0.29) is 19.3 Å². The van der Waals surface area contributed by atoms with Crippen LogP contribution in [0.3, 0.4) is 0 Å². The van der Waals surface area contributed by atoms with Crippen LogP contribution in [0, 0.1) is 11.3 Å². The summed E-state index contributed by atoms with van der Waals surface area (Å²) in [6, 6.07) is 0. The van der Waals surface area contributed by atoms with Gasteiger partial charge in [-0.1, -0.05) is 12.8 Å². The van der Waals surface area contributed by atoms with Crippen molar-refractivity contribution in [1.29, 1.82) is 0 Å². The summed E-state index contributed by atoms with van der Waals surface area (Å²) in [7, 11) is 0. The molecule has 4 nitrogen and oxygen atoms in total. The van der Waals surface area contributed by atoms with Crippen LogP contribution in [-0.4, -0.2) is 31.1 Å². The van der Waals surface area contributed by atoms with Gasteiger partial charge in [-0.15, -0.1) is 0 Å². The smallest absolute Gasteiger partial charge is 0.271 e. The first-order chi connectivity index (χ1) is 8.09. The van der Waals surface area contributed by atoms with Crippen LogP contribution in [0.15, 0.2) is 0 Å². The van der Waals surface area contributed by atoms with E-state index in [0.717, 1.165) is 25.7 Å². The fraction of sp³-hybridized carbons (Fsp3) is 0.909. The number of hydrogen-bond acceptors (Lipinski definition) is 3. The van der Waals surface area contributed by atoms with Crippen LogP contribution in [0.2, 0.25) is 0 Å². The number of rotatable bonds is 3. The molecule has 17 heavy (non-hydrogen) atoms. The molecule has 3 rings (SSSR count). The molecule has 2 aliphatic carbocycles. The van der Waals surface area contributed by atoms with Crippen molar-refractivity contribution in [2.45, 2.75) is 37.7 Å². The van der Waals surface area contributed by atoms with Crippen molar-refractivity contribution in [1.82, 2.24) is 5.48 Å². The highest BCUT2D eigenvalue weighted by atomic mass is 19.3. The van der Waals surface area contributed by atoms with Gasteiger partial charge in [0.05, 0.1) is 25.2 Å². The molecule has 2 saturated carbocycles. The monoisotopic (exact) mass is 247 g/mol. The number of halogens is 2. The molecule has 0 spiro atoms. The average Bonchev–Trinajstić information content (AvgIpc) is 2.84. The molecule has 6 heteroatoms. The van der Waals surface area contributed by atoms with E-state index in [2.05, 4.69) is 5.48 Å². The standard InChI is InChI=1S/C11H15F2NO3/c12-11(13)8-5-16-6-10(8,11)9(15)14-17-7-3-1-2-4-7/h7-8H,1-6H2,(H,14,15)/t8-,10+/m1/s1. The molecule has 1 amide bonds. The summed E-state index contributed by atoms with van der Waals surface area (Å²) in [4.78, 5) is 17.0. The minimum atomic E-state index is -2.94. The molecular formula is C11H15F2NO3. The van der Waals surface area contributed by atoms with Crippen LogP contribution in [-0.2, 0) is 14.4 Å². The lowest BCUT2D eigenvalue weighted by molar-refractivity contribution is -0.149. The van der Waals surface area contributed by atoms with Crippen LogP contribution in [0.4, 0.5) is 8.78 Å². The van der Waals surface area contributed by atoms with Crippen LogP contribution in [0.1, 0.15) is 25.7 Å². The molecule has 0 bridgehead atoms. The molecule has 3 aliphatic rings. The Balaban J connectivity index is 1.59. The third-order valence-electron chi connectivity index (χ3n) is 4.18. The van der Waals surface area contributed by atoms with E-state index in [4.69, 9.17) is 9.57 Å². The predicted octanol–water partition coefficient (Wildman–Crippen LogP) is 1.26. The van der Waals surface area contributed by atoms with Gasteiger partial charge in [-0.2, -0.15) is 0 Å². The Hall–Kier alpha value is -0.750. The summed E-state index contributed by atoms with van der Waals surface area (Å²) in [6.07, 6.45) is 3.86. The van der Waals surface area contributed by atoms with Gasteiger partial charge < -0.3 is 4.74 Å². The normalized spacial score (nSPS) is 39.1. The Kier molecular flexibility index (Phi) is 2.42. The number of hydrogen-bond donors (Lipinski definition) is 1. The van der Waals surface area contributed by atoms with Crippen molar-refractivity contribution < 1.29 is 23.1 Å². The van der Waals surface area contributed by atoms with Gasteiger partial charge in [-0.05, 0) is 12.8 Å². The van der Waals surface area contributed by atoms with Gasteiger partial charge in [0.25, 0.3) is 11.8 Å². The van der Waals surface area contributed by atoms with E-state index in [9.17, 15) is 13.6 Å². The molecule has 1 aliphatic heterocycles. The fourth-order valence-corrected chi connectivity index (χ4v) is 2.92. The molecule has 0 aromatic heterocycles.